The molecule has 0 saturated carbocycles. The van der Waals surface area contributed by atoms with Crippen LogP contribution in [0.5, 0.6) is 5.75 Å². The number of likely N-dealkylation sites (N-methyl/N-ethyl adjacent to an activating group) is 1. The molecule has 30 heavy (non-hydrogen) atoms. The van der Waals surface area contributed by atoms with Crippen LogP contribution in [-0.4, -0.2) is 32.8 Å². The molecule has 1 saturated heterocycles. The maximum atomic E-state index is 13.2. The van der Waals surface area contributed by atoms with Crippen LogP contribution in [0.2, 0.25) is 10.0 Å². The maximum Gasteiger partial charge on any atom is 0.340 e. The van der Waals surface area contributed by atoms with Crippen molar-refractivity contribution in [1.29, 1.82) is 0 Å². The molecule has 2 aromatic rings. The second-order valence-corrected chi connectivity index (χ2v) is 10.0. The molecule has 5 nitrogen and oxygen atoms in total. The van der Waals surface area contributed by atoms with E-state index in [0.717, 1.165) is 24.9 Å². The first-order valence-electron chi connectivity index (χ1n) is 9.87. The van der Waals surface area contributed by atoms with E-state index in [1.165, 1.54) is 12.1 Å². The fourth-order valence-electron chi connectivity index (χ4n) is 3.99. The standard InChI is InChI=1S/C22H25Cl2NO4S/c1-4-22(10-5-6-11-25(3)21(22)26)16-8-7-9-17(13-16)29-30(27,28)20-12-15(2)18(23)14-19(20)24/h7-9,12-14H,4-6,10-11H2,1-3H3. The van der Waals surface area contributed by atoms with Crippen LogP contribution in [0.4, 0.5) is 0 Å². The van der Waals surface area contributed by atoms with E-state index >= 15 is 0 Å². The highest BCUT2D eigenvalue weighted by Crippen LogP contribution is 2.39. The summed E-state index contributed by atoms with van der Waals surface area (Å²) in [6.07, 6.45) is 3.20. The van der Waals surface area contributed by atoms with Crippen LogP contribution in [0.1, 0.15) is 43.7 Å². The molecule has 0 aliphatic carbocycles. The summed E-state index contributed by atoms with van der Waals surface area (Å²) >= 11 is 12.1. The summed E-state index contributed by atoms with van der Waals surface area (Å²) in [5, 5.41) is 0.370. The lowest BCUT2D eigenvalue weighted by Crippen LogP contribution is -2.43. The van der Waals surface area contributed by atoms with Crippen LogP contribution < -0.4 is 4.18 Å². The molecule has 1 atom stereocenters. The molecule has 162 valence electrons. The fraction of sp³-hybridized carbons (Fsp3) is 0.409. The van der Waals surface area contributed by atoms with Crippen molar-refractivity contribution in [3.05, 3.63) is 57.6 Å². The van der Waals surface area contributed by atoms with Crippen molar-refractivity contribution >= 4 is 39.2 Å². The number of halogens is 2. The van der Waals surface area contributed by atoms with Crippen molar-refractivity contribution < 1.29 is 17.4 Å². The van der Waals surface area contributed by atoms with Gasteiger partial charge in [0, 0.05) is 18.6 Å². The largest absolute Gasteiger partial charge is 0.379 e. The van der Waals surface area contributed by atoms with Gasteiger partial charge in [0.1, 0.15) is 10.6 Å². The van der Waals surface area contributed by atoms with Crippen molar-refractivity contribution in [1.82, 2.24) is 4.90 Å². The average Bonchev–Trinajstić information content (AvgIpc) is 2.84. The van der Waals surface area contributed by atoms with E-state index in [4.69, 9.17) is 27.4 Å². The minimum Gasteiger partial charge on any atom is -0.379 e. The topological polar surface area (TPSA) is 63.7 Å². The third-order valence-corrected chi connectivity index (χ3v) is 7.90. The summed E-state index contributed by atoms with van der Waals surface area (Å²) < 4.78 is 31.1. The van der Waals surface area contributed by atoms with Crippen LogP contribution in [0.3, 0.4) is 0 Å². The molecule has 0 radical (unpaired) electrons. The Morgan fingerprint density at radius 2 is 1.87 bits per heavy atom. The van der Waals surface area contributed by atoms with Gasteiger partial charge in [0.05, 0.1) is 10.4 Å². The van der Waals surface area contributed by atoms with Gasteiger partial charge in [-0.05, 0) is 61.6 Å². The number of aryl methyl sites for hydroxylation is 1. The van der Waals surface area contributed by atoms with Crippen molar-refractivity contribution in [3.8, 4) is 5.75 Å². The van der Waals surface area contributed by atoms with E-state index in [2.05, 4.69) is 0 Å². The number of amides is 1. The van der Waals surface area contributed by atoms with Gasteiger partial charge in [-0.25, -0.2) is 0 Å². The third kappa shape index (κ3) is 4.32. The molecule has 1 fully saturated rings. The number of hydrogen-bond acceptors (Lipinski definition) is 4. The molecule has 0 bridgehead atoms. The maximum absolute atomic E-state index is 13.2. The molecule has 8 heteroatoms. The normalized spacial score (nSPS) is 20.2. The zero-order chi connectivity index (χ0) is 22.1. The lowest BCUT2D eigenvalue weighted by Gasteiger charge is -2.33. The smallest absolute Gasteiger partial charge is 0.340 e. The van der Waals surface area contributed by atoms with Gasteiger partial charge in [0.15, 0.2) is 0 Å². The van der Waals surface area contributed by atoms with Crippen molar-refractivity contribution in [2.45, 2.75) is 49.8 Å². The number of carbonyl (C=O) groups is 1. The van der Waals surface area contributed by atoms with E-state index in [1.54, 1.807) is 30.0 Å². The van der Waals surface area contributed by atoms with Gasteiger partial charge in [-0.1, -0.05) is 48.7 Å². The Balaban J connectivity index is 1.99. The molecule has 1 unspecified atom stereocenters. The van der Waals surface area contributed by atoms with Gasteiger partial charge in [0.2, 0.25) is 5.91 Å². The van der Waals surface area contributed by atoms with Crippen molar-refractivity contribution in [2.75, 3.05) is 13.6 Å². The summed E-state index contributed by atoms with van der Waals surface area (Å²) in [6.45, 7) is 4.40. The first-order valence-corrected chi connectivity index (χ1v) is 12.0. The average molecular weight is 470 g/mol. The van der Waals surface area contributed by atoms with E-state index in [1.807, 2.05) is 20.0 Å². The summed E-state index contributed by atoms with van der Waals surface area (Å²) in [4.78, 5) is 14.8. The highest BCUT2D eigenvalue weighted by atomic mass is 35.5. The molecule has 2 aromatic carbocycles. The van der Waals surface area contributed by atoms with E-state index < -0.39 is 15.5 Å². The van der Waals surface area contributed by atoms with Crippen LogP contribution in [-0.2, 0) is 20.3 Å². The number of hydrogen-bond donors (Lipinski definition) is 0. The highest BCUT2D eigenvalue weighted by molar-refractivity contribution is 7.87. The molecular formula is C22H25Cl2NO4S. The third-order valence-electron chi connectivity index (χ3n) is 5.78. The molecule has 1 aliphatic heterocycles. The van der Waals surface area contributed by atoms with Gasteiger partial charge in [-0.3, -0.25) is 4.79 Å². The summed E-state index contributed by atoms with van der Waals surface area (Å²) in [5.74, 6) is 0.197. The minimum absolute atomic E-state index is 0.00708. The molecule has 1 amide bonds. The molecule has 0 aromatic heterocycles. The van der Waals surface area contributed by atoms with Crippen molar-refractivity contribution in [2.24, 2.45) is 0 Å². The number of benzene rings is 2. The first kappa shape index (κ1) is 22.9. The first-order chi connectivity index (χ1) is 14.1. The lowest BCUT2D eigenvalue weighted by molar-refractivity contribution is -0.135. The number of rotatable bonds is 5. The van der Waals surface area contributed by atoms with Crippen molar-refractivity contribution in [3.63, 3.8) is 0 Å². The predicted octanol–water partition coefficient (Wildman–Crippen LogP) is 5.36. The van der Waals surface area contributed by atoms with Gasteiger partial charge in [0.25, 0.3) is 0 Å². The van der Waals surface area contributed by atoms with Crippen LogP contribution in [0, 0.1) is 6.92 Å². The molecular weight excluding hydrogens is 445 g/mol. The molecule has 0 N–H and O–H groups in total. The Hall–Kier alpha value is -1.76. The Kier molecular flexibility index (Phi) is 6.70. The minimum atomic E-state index is -4.17. The Bertz CT molecular complexity index is 1070. The molecule has 1 aliphatic rings. The van der Waals surface area contributed by atoms with Crippen LogP contribution in [0.25, 0.3) is 0 Å². The number of carbonyl (C=O) groups excluding carboxylic acids is 1. The molecule has 1 heterocycles. The second kappa shape index (κ2) is 8.77. The SMILES string of the molecule is CCC1(c2cccc(OS(=O)(=O)c3cc(C)c(Cl)cc3Cl)c2)CCCCN(C)C1=O. The second-order valence-electron chi connectivity index (χ2n) is 7.72. The predicted molar refractivity (Wildman–Crippen MR) is 119 cm³/mol. The zero-order valence-electron chi connectivity index (χ0n) is 17.2. The van der Waals surface area contributed by atoms with Gasteiger partial charge in [-0.2, -0.15) is 8.42 Å². The van der Waals surface area contributed by atoms with Gasteiger partial charge >= 0.3 is 10.1 Å². The van der Waals surface area contributed by atoms with E-state index in [9.17, 15) is 13.2 Å². The Labute approximate surface area is 188 Å². The van der Waals surface area contributed by atoms with E-state index in [0.29, 0.717) is 23.4 Å². The van der Waals surface area contributed by atoms with Gasteiger partial charge < -0.3 is 9.08 Å². The lowest BCUT2D eigenvalue weighted by atomic mass is 9.73. The fourth-order valence-corrected chi connectivity index (χ4v) is 5.72. The Morgan fingerprint density at radius 1 is 1.13 bits per heavy atom. The highest BCUT2D eigenvalue weighted by Gasteiger charge is 2.41. The molecule has 0 spiro atoms. The van der Waals surface area contributed by atoms with E-state index in [-0.39, 0.29) is 21.6 Å². The summed E-state index contributed by atoms with van der Waals surface area (Å²) in [6, 6.07) is 9.56. The number of likely N-dealkylation sites (tertiary alicyclic amines) is 1. The summed E-state index contributed by atoms with van der Waals surface area (Å²) in [7, 11) is -2.36. The zero-order valence-corrected chi connectivity index (χ0v) is 19.6. The van der Waals surface area contributed by atoms with Gasteiger partial charge in [-0.15, -0.1) is 0 Å². The molecule has 3 rings (SSSR count). The van der Waals surface area contributed by atoms with Crippen LogP contribution in [0.15, 0.2) is 41.3 Å². The summed E-state index contributed by atoms with van der Waals surface area (Å²) in [5.41, 5.74) is 0.645. The monoisotopic (exact) mass is 469 g/mol. The Morgan fingerprint density at radius 3 is 2.57 bits per heavy atom. The van der Waals surface area contributed by atoms with Crippen LogP contribution >= 0.6 is 23.2 Å². The number of nitrogens with zero attached hydrogens (tertiary/aromatic N) is 1. The quantitative estimate of drug-likeness (QED) is 0.552.